The lowest BCUT2D eigenvalue weighted by molar-refractivity contribution is 0.383. The van der Waals surface area contributed by atoms with Gasteiger partial charge in [0.2, 0.25) is 10.0 Å². The molecule has 2 heterocycles. The first kappa shape index (κ1) is 14.8. The molecule has 0 spiro atoms. The van der Waals surface area contributed by atoms with Crippen LogP contribution in [-0.2, 0) is 21.4 Å². The zero-order valence-corrected chi connectivity index (χ0v) is 13.5. The number of nitrogens with zero attached hydrogens (tertiary/aromatic N) is 3. The van der Waals surface area contributed by atoms with Gasteiger partial charge in [0.25, 0.3) is 0 Å². The molecule has 1 aromatic rings. The molecule has 2 aliphatic rings. The van der Waals surface area contributed by atoms with Crippen LogP contribution in [0.15, 0.2) is 31.8 Å². The molecule has 1 atom stereocenters. The highest BCUT2D eigenvalue weighted by molar-refractivity contribution is 7.89. The monoisotopic (exact) mass is 326 g/mol. The van der Waals surface area contributed by atoms with Crippen molar-refractivity contribution < 1.29 is 8.42 Å². The molecule has 1 fully saturated rings. The van der Waals surface area contributed by atoms with Crippen molar-refractivity contribution in [2.24, 2.45) is 8.73 Å². The minimum absolute atomic E-state index is 0.243. The Hall–Kier alpha value is -1.09. The van der Waals surface area contributed by atoms with Crippen LogP contribution in [0.2, 0.25) is 0 Å². The van der Waals surface area contributed by atoms with Crippen molar-refractivity contribution in [2.45, 2.75) is 30.7 Å². The normalized spacial score (nSPS) is 20.8. The summed E-state index contributed by atoms with van der Waals surface area (Å²) in [4.78, 5) is 0.258. The Labute approximate surface area is 128 Å². The lowest BCUT2D eigenvalue weighted by Gasteiger charge is -2.24. The maximum atomic E-state index is 12.9. The topological polar surface area (TPSA) is 74.1 Å². The summed E-state index contributed by atoms with van der Waals surface area (Å²) in [7, 11) is -3.54. The second-order valence-electron chi connectivity index (χ2n) is 5.14. The van der Waals surface area contributed by atoms with Crippen molar-refractivity contribution in [3.8, 4) is 0 Å². The van der Waals surface area contributed by atoms with Gasteiger partial charge in [-0.15, -0.1) is 0 Å². The van der Waals surface area contributed by atoms with E-state index in [1.54, 1.807) is 18.2 Å². The van der Waals surface area contributed by atoms with Gasteiger partial charge in [-0.25, -0.2) is 8.42 Å². The van der Waals surface area contributed by atoms with Crippen LogP contribution in [0.5, 0.6) is 0 Å². The van der Waals surface area contributed by atoms with Gasteiger partial charge in [0.15, 0.2) is 0 Å². The standard InChI is InChI=1S/C13H18N4O2S2/c1-2-17(9-10-5-4-8-14-10)21(18,19)12-7-3-6-11-13(12)16-20-15-11/h3,6-7,10,14H,2,4-5,8-9H2,1H3. The Morgan fingerprint density at radius 1 is 1.43 bits per heavy atom. The van der Waals surface area contributed by atoms with Gasteiger partial charge in [-0.2, -0.15) is 13.0 Å². The van der Waals surface area contributed by atoms with Gasteiger partial charge in [-0.3, -0.25) is 0 Å². The summed E-state index contributed by atoms with van der Waals surface area (Å²) in [6.45, 7) is 3.79. The van der Waals surface area contributed by atoms with E-state index >= 15 is 0 Å². The van der Waals surface area contributed by atoms with Crippen LogP contribution in [0.25, 0.3) is 0 Å². The Bertz CT molecular complexity index is 705. The molecule has 21 heavy (non-hydrogen) atoms. The Kier molecular flexibility index (Phi) is 4.21. The molecule has 0 aromatic heterocycles. The smallest absolute Gasteiger partial charge is 0.245 e. The highest BCUT2D eigenvalue weighted by atomic mass is 32.2. The number of sulfonamides is 1. The fourth-order valence-electron chi connectivity index (χ4n) is 2.68. The molecule has 0 amide bonds. The molecule has 1 unspecified atom stereocenters. The van der Waals surface area contributed by atoms with Gasteiger partial charge >= 0.3 is 0 Å². The molecular weight excluding hydrogens is 308 g/mol. The van der Waals surface area contributed by atoms with Gasteiger partial charge in [-0.05, 0) is 31.5 Å². The molecule has 114 valence electrons. The van der Waals surface area contributed by atoms with E-state index in [1.807, 2.05) is 6.92 Å². The van der Waals surface area contributed by atoms with Crippen LogP contribution >= 0.6 is 0 Å². The van der Waals surface area contributed by atoms with E-state index in [9.17, 15) is 8.42 Å². The van der Waals surface area contributed by atoms with Crippen LogP contribution in [0, 0.1) is 0 Å². The van der Waals surface area contributed by atoms with Gasteiger partial charge in [0.05, 0.1) is 11.4 Å². The van der Waals surface area contributed by atoms with Crippen LogP contribution in [0.1, 0.15) is 19.8 Å². The molecule has 1 N–H and O–H groups in total. The van der Waals surface area contributed by atoms with Crippen molar-refractivity contribution in [3.63, 3.8) is 0 Å². The number of likely N-dealkylation sites (N-methyl/N-ethyl adjacent to an activating group) is 1. The first-order valence-electron chi connectivity index (χ1n) is 7.07. The molecule has 0 bridgehead atoms. The maximum Gasteiger partial charge on any atom is 0.245 e. The first-order valence-corrected chi connectivity index (χ1v) is 9.25. The predicted molar refractivity (Wildman–Crippen MR) is 83.4 cm³/mol. The average molecular weight is 326 g/mol. The number of hydrogen-bond donors (Lipinski definition) is 1. The van der Waals surface area contributed by atoms with Gasteiger partial charge < -0.3 is 5.32 Å². The number of hydrogen-bond acceptors (Lipinski definition) is 5. The molecule has 6 nitrogen and oxygen atoms in total. The van der Waals surface area contributed by atoms with Crippen LogP contribution in [-0.4, -0.2) is 38.4 Å². The predicted octanol–water partition coefficient (Wildman–Crippen LogP) is 2.18. The van der Waals surface area contributed by atoms with E-state index < -0.39 is 10.0 Å². The van der Waals surface area contributed by atoms with Gasteiger partial charge in [0, 0.05) is 19.1 Å². The van der Waals surface area contributed by atoms with E-state index in [2.05, 4.69) is 14.0 Å². The third kappa shape index (κ3) is 2.80. The van der Waals surface area contributed by atoms with Crippen molar-refractivity contribution >= 4 is 32.8 Å². The summed E-state index contributed by atoms with van der Waals surface area (Å²) in [6, 6.07) is 5.36. The maximum absolute atomic E-state index is 12.9. The van der Waals surface area contributed by atoms with Crippen molar-refractivity contribution in [1.82, 2.24) is 9.62 Å². The van der Waals surface area contributed by atoms with Crippen molar-refractivity contribution in [2.75, 3.05) is 19.6 Å². The highest BCUT2D eigenvalue weighted by Gasteiger charge is 2.30. The summed E-state index contributed by atoms with van der Waals surface area (Å²) in [6.07, 6.45) is 2.13. The molecule has 1 saturated heterocycles. The summed E-state index contributed by atoms with van der Waals surface area (Å²) in [5, 5.41) is 3.35. The fourth-order valence-corrected chi connectivity index (χ4v) is 4.93. The number of fused-ring (bicyclic) bond motifs is 1. The van der Waals surface area contributed by atoms with E-state index in [0.717, 1.165) is 30.7 Å². The van der Waals surface area contributed by atoms with Crippen LogP contribution in [0.3, 0.4) is 0 Å². The summed E-state index contributed by atoms with van der Waals surface area (Å²) >= 11 is 1.04. The third-order valence-electron chi connectivity index (χ3n) is 3.81. The fraction of sp³-hybridized carbons (Fsp3) is 0.538. The Balaban J connectivity index is 1.92. The lowest BCUT2D eigenvalue weighted by atomic mass is 10.2. The number of nitrogens with one attached hydrogen (secondary N) is 1. The Morgan fingerprint density at radius 3 is 3.00 bits per heavy atom. The second kappa shape index (κ2) is 5.96. The summed E-state index contributed by atoms with van der Waals surface area (Å²) in [5.74, 6) is 0. The SMILES string of the molecule is CCN(CC1CCCN1)S(=O)(=O)c1cccc2c1N=S=N2. The van der Waals surface area contributed by atoms with Gasteiger partial charge in [0.1, 0.15) is 16.3 Å². The van der Waals surface area contributed by atoms with E-state index in [4.69, 9.17) is 0 Å². The largest absolute Gasteiger partial charge is 0.313 e. The average Bonchev–Trinajstić information content (AvgIpc) is 3.14. The molecule has 0 saturated carbocycles. The second-order valence-corrected chi connectivity index (χ2v) is 7.57. The van der Waals surface area contributed by atoms with Crippen LogP contribution < -0.4 is 5.32 Å². The summed E-state index contributed by atoms with van der Waals surface area (Å²) < 4.78 is 35.6. The zero-order valence-electron chi connectivity index (χ0n) is 11.8. The van der Waals surface area contributed by atoms with Gasteiger partial charge in [-0.1, -0.05) is 13.0 Å². The van der Waals surface area contributed by atoms with Crippen LogP contribution in [0.4, 0.5) is 11.4 Å². The molecule has 0 radical (unpaired) electrons. The van der Waals surface area contributed by atoms with E-state index in [0.29, 0.717) is 24.5 Å². The minimum Gasteiger partial charge on any atom is -0.313 e. The molecule has 2 aliphatic heterocycles. The number of benzene rings is 1. The molecule has 1 aromatic carbocycles. The molecular formula is C13H18N4O2S2. The lowest BCUT2D eigenvalue weighted by Crippen LogP contribution is -2.40. The van der Waals surface area contributed by atoms with E-state index in [-0.39, 0.29) is 10.9 Å². The van der Waals surface area contributed by atoms with E-state index in [1.165, 1.54) is 4.31 Å². The Morgan fingerprint density at radius 2 is 2.29 bits per heavy atom. The van der Waals surface area contributed by atoms with Crippen molar-refractivity contribution in [3.05, 3.63) is 18.2 Å². The molecule has 0 aliphatic carbocycles. The zero-order chi connectivity index (χ0) is 14.9. The number of rotatable bonds is 5. The third-order valence-corrected chi connectivity index (χ3v) is 6.32. The summed E-state index contributed by atoms with van der Waals surface area (Å²) in [5.41, 5.74) is 1.11. The first-order chi connectivity index (χ1) is 10.1. The molecule has 3 rings (SSSR count). The highest BCUT2D eigenvalue weighted by Crippen LogP contribution is 2.38. The quantitative estimate of drug-likeness (QED) is 0.915. The molecule has 8 heteroatoms. The minimum atomic E-state index is -3.54. The van der Waals surface area contributed by atoms with Crippen molar-refractivity contribution in [1.29, 1.82) is 0 Å².